The van der Waals surface area contributed by atoms with Gasteiger partial charge in [0.2, 0.25) is 0 Å². The summed E-state index contributed by atoms with van der Waals surface area (Å²) in [5, 5.41) is 10.0. The maximum Gasteiger partial charge on any atom is 0.169 e. The number of ether oxygens (including phenoxy) is 1. The van der Waals surface area contributed by atoms with Gasteiger partial charge in [0.15, 0.2) is 11.6 Å². The first-order chi connectivity index (χ1) is 9.13. The Kier molecular flexibility index (Phi) is 4.77. The van der Waals surface area contributed by atoms with Crippen LogP contribution in [0.3, 0.4) is 0 Å². The van der Waals surface area contributed by atoms with Gasteiger partial charge < -0.3 is 9.84 Å². The van der Waals surface area contributed by atoms with Crippen LogP contribution in [-0.4, -0.2) is 36.3 Å². The molecular formula is C15H22FNO2. The van der Waals surface area contributed by atoms with Gasteiger partial charge in [-0.25, -0.2) is 4.39 Å². The molecule has 106 valence electrons. The van der Waals surface area contributed by atoms with E-state index in [-0.39, 0.29) is 23.7 Å². The van der Waals surface area contributed by atoms with Crippen LogP contribution in [0.15, 0.2) is 18.2 Å². The van der Waals surface area contributed by atoms with E-state index in [1.54, 1.807) is 18.2 Å². The predicted octanol–water partition coefficient (Wildman–Crippen LogP) is 2.57. The highest BCUT2D eigenvalue weighted by Crippen LogP contribution is 2.26. The number of likely N-dealkylation sites (N-methyl/N-ethyl adjacent to an activating group) is 1. The lowest BCUT2D eigenvalue weighted by Crippen LogP contribution is -2.43. The smallest absolute Gasteiger partial charge is 0.169 e. The van der Waals surface area contributed by atoms with Crippen molar-refractivity contribution in [3.05, 3.63) is 29.6 Å². The quantitative estimate of drug-likeness (QED) is 0.910. The molecule has 1 N–H and O–H groups in total. The molecule has 0 heterocycles. The number of aliphatic hydroxyl groups is 1. The number of rotatable bonds is 4. The highest BCUT2D eigenvalue weighted by atomic mass is 19.1. The number of benzene rings is 1. The molecule has 0 saturated heterocycles. The number of aliphatic hydroxyl groups excluding tert-OH is 1. The first-order valence-electron chi connectivity index (χ1n) is 6.83. The fourth-order valence-corrected chi connectivity index (χ4v) is 2.83. The van der Waals surface area contributed by atoms with Gasteiger partial charge >= 0.3 is 0 Å². The summed E-state index contributed by atoms with van der Waals surface area (Å²) in [4.78, 5) is 2.04. The summed E-state index contributed by atoms with van der Waals surface area (Å²) in [5.41, 5.74) is 0.611. The van der Waals surface area contributed by atoms with Gasteiger partial charge in [0, 0.05) is 18.2 Å². The van der Waals surface area contributed by atoms with E-state index >= 15 is 0 Å². The van der Waals surface area contributed by atoms with Crippen LogP contribution in [0.4, 0.5) is 4.39 Å². The fourth-order valence-electron chi connectivity index (χ4n) is 2.83. The second-order valence-electron chi connectivity index (χ2n) is 5.27. The molecule has 1 aliphatic rings. The van der Waals surface area contributed by atoms with Gasteiger partial charge in [-0.1, -0.05) is 25.0 Å². The molecule has 0 aliphatic heterocycles. The summed E-state index contributed by atoms with van der Waals surface area (Å²) in [7, 11) is 3.41. The summed E-state index contributed by atoms with van der Waals surface area (Å²) in [6, 6.07) is 5.31. The van der Waals surface area contributed by atoms with Crippen molar-refractivity contribution in [2.45, 2.75) is 44.4 Å². The van der Waals surface area contributed by atoms with E-state index in [0.29, 0.717) is 12.1 Å². The van der Waals surface area contributed by atoms with Gasteiger partial charge in [-0.3, -0.25) is 4.90 Å². The molecule has 3 nitrogen and oxygen atoms in total. The summed E-state index contributed by atoms with van der Waals surface area (Å²) in [6.45, 7) is 0.491. The van der Waals surface area contributed by atoms with E-state index in [0.717, 1.165) is 25.7 Å². The lowest BCUT2D eigenvalue weighted by Gasteiger charge is -2.35. The molecule has 0 spiro atoms. The predicted molar refractivity (Wildman–Crippen MR) is 72.7 cm³/mol. The zero-order valence-corrected chi connectivity index (χ0v) is 11.6. The van der Waals surface area contributed by atoms with Crippen molar-refractivity contribution >= 4 is 0 Å². The molecule has 2 atom stereocenters. The van der Waals surface area contributed by atoms with Gasteiger partial charge in [0.05, 0.1) is 13.2 Å². The molecule has 19 heavy (non-hydrogen) atoms. The molecule has 4 heteroatoms. The van der Waals surface area contributed by atoms with E-state index < -0.39 is 0 Å². The largest absolute Gasteiger partial charge is 0.494 e. The third kappa shape index (κ3) is 3.25. The van der Waals surface area contributed by atoms with Crippen molar-refractivity contribution in [1.82, 2.24) is 4.90 Å². The molecular weight excluding hydrogens is 245 g/mol. The highest BCUT2D eigenvalue weighted by molar-refractivity contribution is 5.31. The zero-order chi connectivity index (χ0) is 13.8. The minimum atomic E-state index is -0.304. The topological polar surface area (TPSA) is 32.7 Å². The molecule has 2 unspecified atom stereocenters. The van der Waals surface area contributed by atoms with Crippen LogP contribution in [0, 0.1) is 5.82 Å². The summed E-state index contributed by atoms with van der Waals surface area (Å²) < 4.78 is 19.1. The maximum absolute atomic E-state index is 14.1. The highest BCUT2D eigenvalue weighted by Gasteiger charge is 2.27. The Hall–Kier alpha value is -1.13. The van der Waals surface area contributed by atoms with Gasteiger partial charge in [0.1, 0.15) is 0 Å². The second-order valence-corrected chi connectivity index (χ2v) is 5.27. The van der Waals surface area contributed by atoms with Crippen molar-refractivity contribution in [2.75, 3.05) is 14.2 Å². The molecule has 1 aliphatic carbocycles. The number of methoxy groups -OCH3 is 1. The molecule has 0 bridgehead atoms. The minimum absolute atomic E-state index is 0.124. The summed E-state index contributed by atoms with van der Waals surface area (Å²) in [6.07, 6.45) is 3.73. The van der Waals surface area contributed by atoms with Gasteiger partial charge in [0.25, 0.3) is 0 Å². The third-order valence-electron chi connectivity index (χ3n) is 3.94. The van der Waals surface area contributed by atoms with Crippen molar-refractivity contribution < 1.29 is 14.2 Å². The summed E-state index contributed by atoms with van der Waals surface area (Å²) in [5.74, 6) is -0.0303. The van der Waals surface area contributed by atoms with E-state index in [4.69, 9.17) is 4.74 Å². The Bertz CT molecular complexity index is 425. The Morgan fingerprint density at radius 3 is 2.79 bits per heavy atom. The van der Waals surface area contributed by atoms with Crippen LogP contribution in [0.25, 0.3) is 0 Å². The van der Waals surface area contributed by atoms with Crippen LogP contribution in [0.5, 0.6) is 5.75 Å². The van der Waals surface area contributed by atoms with Gasteiger partial charge in [-0.2, -0.15) is 0 Å². The molecule has 0 radical (unpaired) electrons. The number of halogens is 1. The van der Waals surface area contributed by atoms with Crippen LogP contribution in [-0.2, 0) is 6.54 Å². The molecule has 1 aromatic carbocycles. The molecule has 0 amide bonds. The molecule has 1 saturated carbocycles. The Morgan fingerprint density at radius 2 is 2.11 bits per heavy atom. The Labute approximate surface area is 114 Å². The maximum atomic E-state index is 14.1. The molecule has 1 aromatic rings. The van der Waals surface area contributed by atoms with Crippen LogP contribution in [0.1, 0.15) is 31.2 Å². The SMILES string of the molecule is COc1cccc(CN(C)C2CCCCC2O)c1F. The van der Waals surface area contributed by atoms with Crippen LogP contribution < -0.4 is 4.74 Å². The zero-order valence-electron chi connectivity index (χ0n) is 11.6. The summed E-state index contributed by atoms with van der Waals surface area (Å²) >= 11 is 0. The molecule has 2 rings (SSSR count). The van der Waals surface area contributed by atoms with Gasteiger partial charge in [-0.15, -0.1) is 0 Å². The Balaban J connectivity index is 2.08. The fraction of sp³-hybridized carbons (Fsp3) is 0.600. The number of hydrogen-bond donors (Lipinski definition) is 1. The molecule has 1 fully saturated rings. The van der Waals surface area contributed by atoms with Crippen LogP contribution in [0.2, 0.25) is 0 Å². The monoisotopic (exact) mass is 267 g/mol. The van der Waals surface area contributed by atoms with E-state index in [1.807, 2.05) is 11.9 Å². The first-order valence-corrected chi connectivity index (χ1v) is 6.83. The van der Waals surface area contributed by atoms with E-state index in [1.165, 1.54) is 7.11 Å². The van der Waals surface area contributed by atoms with E-state index in [9.17, 15) is 9.50 Å². The van der Waals surface area contributed by atoms with Crippen molar-refractivity contribution in [1.29, 1.82) is 0 Å². The van der Waals surface area contributed by atoms with E-state index in [2.05, 4.69) is 0 Å². The first kappa shape index (κ1) is 14.3. The van der Waals surface area contributed by atoms with Crippen molar-refractivity contribution in [3.63, 3.8) is 0 Å². The normalized spacial score (nSPS) is 23.6. The average molecular weight is 267 g/mol. The van der Waals surface area contributed by atoms with Gasteiger partial charge in [-0.05, 0) is 26.0 Å². The van der Waals surface area contributed by atoms with Crippen molar-refractivity contribution in [3.8, 4) is 5.75 Å². The standard InChI is InChI=1S/C15H22FNO2/c1-17(12-7-3-4-8-13(12)18)10-11-6-5-9-14(19-2)15(11)16/h5-6,9,12-13,18H,3-4,7-8,10H2,1-2H3. The lowest BCUT2D eigenvalue weighted by molar-refractivity contribution is 0.0284. The Morgan fingerprint density at radius 1 is 1.37 bits per heavy atom. The van der Waals surface area contributed by atoms with Crippen LogP contribution >= 0.6 is 0 Å². The minimum Gasteiger partial charge on any atom is -0.494 e. The second kappa shape index (κ2) is 6.35. The number of nitrogens with zero attached hydrogens (tertiary/aromatic N) is 1. The van der Waals surface area contributed by atoms with Crippen molar-refractivity contribution in [2.24, 2.45) is 0 Å². The third-order valence-corrected chi connectivity index (χ3v) is 3.94. The molecule has 0 aromatic heterocycles. The lowest BCUT2D eigenvalue weighted by atomic mass is 9.91. The number of hydrogen-bond acceptors (Lipinski definition) is 3. The average Bonchev–Trinajstić information content (AvgIpc) is 2.41.